The molecule has 0 spiro atoms. The molecule has 144 valence electrons. The van der Waals surface area contributed by atoms with Gasteiger partial charge in [0.1, 0.15) is 0 Å². The zero-order valence-corrected chi connectivity index (χ0v) is 16.1. The van der Waals surface area contributed by atoms with E-state index in [9.17, 15) is 19.5 Å². The van der Waals surface area contributed by atoms with Crippen molar-refractivity contribution in [3.63, 3.8) is 0 Å². The maximum absolute atomic E-state index is 13.0. The van der Waals surface area contributed by atoms with Crippen LogP contribution >= 0.6 is 11.8 Å². The summed E-state index contributed by atoms with van der Waals surface area (Å²) in [5.74, 6) is -2.08. The van der Waals surface area contributed by atoms with Crippen LogP contribution in [0, 0.1) is 5.92 Å². The second kappa shape index (κ2) is 7.31. The average molecular weight is 396 g/mol. The summed E-state index contributed by atoms with van der Waals surface area (Å²) < 4.78 is 0. The van der Waals surface area contributed by atoms with E-state index in [0.717, 1.165) is 10.5 Å². The van der Waals surface area contributed by atoms with Crippen molar-refractivity contribution in [1.82, 2.24) is 4.90 Å². The van der Waals surface area contributed by atoms with Crippen molar-refractivity contribution in [2.24, 2.45) is 5.92 Å². The number of hydrogen-bond acceptors (Lipinski definition) is 4. The van der Waals surface area contributed by atoms with Crippen LogP contribution < -0.4 is 5.32 Å². The Hall–Kier alpha value is -2.80. The third-order valence-electron chi connectivity index (χ3n) is 5.31. The van der Waals surface area contributed by atoms with Gasteiger partial charge in [-0.25, -0.2) is 0 Å². The highest BCUT2D eigenvalue weighted by Crippen LogP contribution is 2.37. The van der Waals surface area contributed by atoms with Gasteiger partial charge in [0, 0.05) is 29.5 Å². The number of carbonyl (C=O) groups excluding carboxylic acids is 2. The number of hydrogen-bond donors (Lipinski definition) is 2. The van der Waals surface area contributed by atoms with Crippen molar-refractivity contribution >= 4 is 35.2 Å². The highest BCUT2D eigenvalue weighted by atomic mass is 32.2. The molecular weight excluding hydrogens is 376 g/mol. The Morgan fingerprint density at radius 3 is 2.61 bits per heavy atom. The molecule has 0 bridgehead atoms. The van der Waals surface area contributed by atoms with Crippen LogP contribution in [0.4, 0.5) is 5.69 Å². The number of benzene rings is 2. The lowest BCUT2D eigenvalue weighted by Gasteiger charge is -2.23. The predicted octanol–water partition coefficient (Wildman–Crippen LogP) is 3.06. The van der Waals surface area contributed by atoms with E-state index in [1.165, 1.54) is 11.8 Å². The maximum Gasteiger partial charge on any atom is 0.308 e. The molecule has 0 aromatic heterocycles. The van der Waals surface area contributed by atoms with Gasteiger partial charge in [-0.1, -0.05) is 30.3 Å². The molecule has 3 unspecified atom stereocenters. The van der Waals surface area contributed by atoms with Gasteiger partial charge >= 0.3 is 5.97 Å². The molecule has 2 amide bonds. The van der Waals surface area contributed by atoms with Crippen LogP contribution in [0.2, 0.25) is 0 Å². The molecule has 1 fully saturated rings. The van der Waals surface area contributed by atoms with E-state index in [1.807, 2.05) is 43.3 Å². The second-order valence-electron chi connectivity index (χ2n) is 7.13. The summed E-state index contributed by atoms with van der Waals surface area (Å²) in [6, 6.07) is 14.7. The Labute approximate surface area is 166 Å². The minimum atomic E-state index is -0.896. The number of fused-ring (bicyclic) bond motifs is 1. The molecule has 1 saturated heterocycles. The fourth-order valence-corrected chi connectivity index (χ4v) is 4.71. The number of thioether (sulfide) groups is 1. The van der Waals surface area contributed by atoms with Gasteiger partial charge in [0.25, 0.3) is 5.91 Å². The van der Waals surface area contributed by atoms with Gasteiger partial charge < -0.3 is 15.3 Å². The minimum Gasteiger partial charge on any atom is -0.481 e. The number of likely N-dealkylation sites (tertiary alicyclic amines) is 1. The van der Waals surface area contributed by atoms with Crippen LogP contribution in [-0.4, -0.2) is 46.1 Å². The fraction of sp³-hybridized carbons (Fsp3) is 0.286. The summed E-state index contributed by atoms with van der Waals surface area (Å²) in [5.41, 5.74) is 2.01. The molecule has 0 saturated carbocycles. The van der Waals surface area contributed by atoms with Crippen molar-refractivity contribution in [2.75, 3.05) is 18.4 Å². The van der Waals surface area contributed by atoms with E-state index in [-0.39, 0.29) is 29.5 Å². The largest absolute Gasteiger partial charge is 0.481 e. The number of amides is 2. The standard InChI is InChI=1S/C21H20N2O4S/c1-12-19(24)22-17-9-14(7-8-18(17)28-12)20(25)23-10-15(16(11-23)21(26)27)13-5-3-2-4-6-13/h2-9,12,15-16H,10-11H2,1H3,(H,22,24)(H,26,27). The quantitative estimate of drug-likeness (QED) is 0.833. The topological polar surface area (TPSA) is 86.7 Å². The Kier molecular flexibility index (Phi) is 4.85. The molecule has 2 aliphatic rings. The Balaban J connectivity index is 1.58. The van der Waals surface area contributed by atoms with Crippen molar-refractivity contribution in [1.29, 1.82) is 0 Å². The van der Waals surface area contributed by atoms with E-state index in [2.05, 4.69) is 5.32 Å². The van der Waals surface area contributed by atoms with Gasteiger partial charge in [0.05, 0.1) is 16.9 Å². The zero-order valence-electron chi connectivity index (χ0n) is 15.3. The number of anilines is 1. The Morgan fingerprint density at radius 1 is 1.14 bits per heavy atom. The smallest absolute Gasteiger partial charge is 0.308 e. The summed E-state index contributed by atoms with van der Waals surface area (Å²) in [6.07, 6.45) is 0. The second-order valence-corrected chi connectivity index (χ2v) is 8.51. The van der Waals surface area contributed by atoms with Crippen LogP contribution in [-0.2, 0) is 9.59 Å². The van der Waals surface area contributed by atoms with Crippen molar-refractivity contribution < 1.29 is 19.5 Å². The van der Waals surface area contributed by atoms with E-state index >= 15 is 0 Å². The third-order valence-corrected chi connectivity index (χ3v) is 6.49. The summed E-state index contributed by atoms with van der Waals surface area (Å²) >= 11 is 1.46. The van der Waals surface area contributed by atoms with Crippen LogP contribution in [0.5, 0.6) is 0 Å². The summed E-state index contributed by atoms with van der Waals surface area (Å²) in [4.78, 5) is 39.2. The average Bonchev–Trinajstić information content (AvgIpc) is 3.14. The number of carboxylic acid groups (broad SMARTS) is 1. The third kappa shape index (κ3) is 3.38. The van der Waals surface area contributed by atoms with Gasteiger partial charge in [-0.05, 0) is 30.7 Å². The Bertz CT molecular complexity index is 947. The predicted molar refractivity (Wildman–Crippen MR) is 107 cm³/mol. The molecule has 2 aliphatic heterocycles. The highest BCUT2D eigenvalue weighted by molar-refractivity contribution is 8.00. The van der Waals surface area contributed by atoms with Gasteiger partial charge in [-0.2, -0.15) is 0 Å². The van der Waals surface area contributed by atoms with Crippen LogP contribution in [0.1, 0.15) is 28.8 Å². The van der Waals surface area contributed by atoms with E-state index in [4.69, 9.17) is 0 Å². The van der Waals surface area contributed by atoms with Crippen LogP contribution in [0.15, 0.2) is 53.4 Å². The number of aliphatic carboxylic acids is 1. The molecule has 2 aromatic rings. The first-order valence-electron chi connectivity index (χ1n) is 9.12. The van der Waals surface area contributed by atoms with Gasteiger partial charge in [0.2, 0.25) is 5.91 Å². The molecule has 7 heteroatoms. The monoisotopic (exact) mass is 396 g/mol. The minimum absolute atomic E-state index is 0.0849. The number of carbonyl (C=O) groups is 3. The van der Waals surface area contributed by atoms with E-state index in [0.29, 0.717) is 17.8 Å². The first-order chi connectivity index (χ1) is 13.4. The van der Waals surface area contributed by atoms with E-state index < -0.39 is 11.9 Å². The summed E-state index contributed by atoms with van der Waals surface area (Å²) in [7, 11) is 0. The number of nitrogens with zero attached hydrogens (tertiary/aromatic N) is 1. The van der Waals surface area contributed by atoms with Crippen LogP contribution in [0.25, 0.3) is 0 Å². The van der Waals surface area contributed by atoms with Gasteiger partial charge in [0.15, 0.2) is 0 Å². The normalized spacial score (nSPS) is 23.8. The zero-order chi connectivity index (χ0) is 19.8. The molecule has 6 nitrogen and oxygen atoms in total. The molecule has 2 aromatic carbocycles. The van der Waals surface area contributed by atoms with Crippen molar-refractivity contribution in [3.8, 4) is 0 Å². The Morgan fingerprint density at radius 2 is 1.89 bits per heavy atom. The molecule has 0 aliphatic carbocycles. The molecule has 2 N–H and O–H groups in total. The molecule has 3 atom stereocenters. The molecule has 2 heterocycles. The first-order valence-corrected chi connectivity index (χ1v) is 10.0. The summed E-state index contributed by atoms with van der Waals surface area (Å²) in [6.45, 7) is 2.36. The molecule has 0 radical (unpaired) electrons. The van der Waals surface area contributed by atoms with Gasteiger partial charge in [-0.15, -0.1) is 11.8 Å². The van der Waals surface area contributed by atoms with Crippen LogP contribution in [0.3, 0.4) is 0 Å². The fourth-order valence-electron chi connectivity index (χ4n) is 3.78. The number of nitrogens with one attached hydrogen (secondary N) is 1. The van der Waals surface area contributed by atoms with E-state index in [1.54, 1.807) is 17.0 Å². The molecule has 4 rings (SSSR count). The maximum atomic E-state index is 13.0. The van der Waals surface area contributed by atoms with Crippen molar-refractivity contribution in [2.45, 2.75) is 23.0 Å². The lowest BCUT2D eigenvalue weighted by atomic mass is 9.89. The number of rotatable bonds is 3. The SMILES string of the molecule is CC1Sc2ccc(C(=O)N3CC(C(=O)O)C(c4ccccc4)C3)cc2NC1=O. The van der Waals surface area contributed by atoms with Crippen molar-refractivity contribution in [3.05, 3.63) is 59.7 Å². The molecule has 28 heavy (non-hydrogen) atoms. The molecular formula is C21H20N2O4S. The summed E-state index contributed by atoms with van der Waals surface area (Å²) in [5, 5.41) is 12.3. The lowest BCUT2D eigenvalue weighted by Crippen LogP contribution is -2.30. The lowest BCUT2D eigenvalue weighted by molar-refractivity contribution is -0.141. The first kappa shape index (κ1) is 18.6. The highest BCUT2D eigenvalue weighted by Gasteiger charge is 2.40. The van der Waals surface area contributed by atoms with Gasteiger partial charge in [-0.3, -0.25) is 14.4 Å². The number of carboxylic acids is 1.